The van der Waals surface area contributed by atoms with Gasteiger partial charge in [-0.05, 0) is 57.2 Å². The maximum Gasteiger partial charge on any atom is 0.410 e. The fraction of sp³-hybridized carbons (Fsp3) is 0.652. The molecule has 2 aliphatic heterocycles. The second kappa shape index (κ2) is 8.34. The molecule has 0 N–H and O–H groups in total. The molecule has 2 amide bonds. The van der Waals surface area contributed by atoms with Gasteiger partial charge < -0.3 is 14.5 Å². The Hall–Kier alpha value is -2.08. The molecule has 1 fully saturated rings. The van der Waals surface area contributed by atoms with Crippen molar-refractivity contribution in [3.05, 3.63) is 29.3 Å². The Bertz CT molecular complexity index is 769. The van der Waals surface area contributed by atoms with E-state index in [1.807, 2.05) is 32.6 Å². The van der Waals surface area contributed by atoms with Gasteiger partial charge in [0.15, 0.2) is 0 Å². The quantitative estimate of drug-likeness (QED) is 0.776. The average Bonchev–Trinajstić information content (AvgIpc) is 3.03. The number of hydrogen-bond acceptors (Lipinski definition) is 4. The third-order valence-corrected chi connectivity index (χ3v) is 5.67. The minimum atomic E-state index is -0.498. The van der Waals surface area contributed by atoms with Gasteiger partial charge in [-0.3, -0.25) is 9.69 Å². The zero-order valence-electron chi connectivity index (χ0n) is 18.7. The first-order valence-electron chi connectivity index (χ1n) is 10.7. The number of hydrogen-bond donors (Lipinski definition) is 0. The number of piperazine rings is 1. The number of benzene rings is 1. The van der Waals surface area contributed by atoms with Gasteiger partial charge in [-0.15, -0.1) is 0 Å². The predicted octanol–water partition coefficient (Wildman–Crippen LogP) is 3.64. The topological polar surface area (TPSA) is 53.1 Å². The number of carbonyl (C=O) groups is 2. The van der Waals surface area contributed by atoms with Crippen molar-refractivity contribution in [2.24, 2.45) is 0 Å². The lowest BCUT2D eigenvalue weighted by Gasteiger charge is -2.40. The molecular weight excluding hydrogens is 366 g/mol. The number of fused-ring (bicyclic) bond motifs is 1. The lowest BCUT2D eigenvalue weighted by molar-refractivity contribution is -0.120. The highest BCUT2D eigenvalue weighted by molar-refractivity contribution is 5.97. The molecule has 3 rings (SSSR count). The molecule has 160 valence electrons. The highest BCUT2D eigenvalue weighted by Gasteiger charge is 2.33. The van der Waals surface area contributed by atoms with E-state index < -0.39 is 5.60 Å². The van der Waals surface area contributed by atoms with Crippen LogP contribution in [0.1, 0.15) is 58.6 Å². The first-order valence-corrected chi connectivity index (χ1v) is 10.7. The molecule has 0 spiro atoms. The average molecular weight is 402 g/mol. The van der Waals surface area contributed by atoms with Crippen molar-refractivity contribution in [3.8, 4) is 0 Å². The fourth-order valence-electron chi connectivity index (χ4n) is 4.06. The van der Waals surface area contributed by atoms with Crippen LogP contribution in [-0.2, 0) is 16.0 Å². The minimum Gasteiger partial charge on any atom is -0.444 e. The van der Waals surface area contributed by atoms with Crippen molar-refractivity contribution < 1.29 is 14.3 Å². The molecule has 0 saturated carbocycles. The Morgan fingerprint density at radius 1 is 1.17 bits per heavy atom. The summed E-state index contributed by atoms with van der Waals surface area (Å²) in [4.78, 5) is 31.3. The van der Waals surface area contributed by atoms with Crippen molar-refractivity contribution in [2.45, 2.75) is 65.5 Å². The van der Waals surface area contributed by atoms with Crippen molar-refractivity contribution in [3.63, 3.8) is 0 Å². The van der Waals surface area contributed by atoms with Gasteiger partial charge in [-0.25, -0.2) is 4.79 Å². The van der Waals surface area contributed by atoms with Crippen molar-refractivity contribution in [2.75, 3.05) is 37.6 Å². The molecule has 6 nitrogen and oxygen atoms in total. The number of ether oxygens (including phenoxy) is 1. The Labute approximate surface area is 174 Å². The van der Waals surface area contributed by atoms with Crippen LogP contribution in [0.25, 0.3) is 0 Å². The van der Waals surface area contributed by atoms with E-state index in [9.17, 15) is 9.59 Å². The van der Waals surface area contributed by atoms with E-state index in [4.69, 9.17) is 4.74 Å². The predicted molar refractivity (Wildman–Crippen MR) is 115 cm³/mol. The van der Waals surface area contributed by atoms with Crippen molar-refractivity contribution in [1.29, 1.82) is 0 Å². The van der Waals surface area contributed by atoms with E-state index in [0.717, 1.165) is 18.7 Å². The normalized spacial score (nSPS) is 20.2. The van der Waals surface area contributed by atoms with Gasteiger partial charge in [0.25, 0.3) is 0 Å². The Morgan fingerprint density at radius 2 is 1.90 bits per heavy atom. The van der Waals surface area contributed by atoms with Gasteiger partial charge in [0.2, 0.25) is 5.91 Å². The van der Waals surface area contributed by atoms with E-state index in [0.29, 0.717) is 32.1 Å². The molecule has 2 aliphatic rings. The Balaban J connectivity index is 1.60. The molecule has 0 aromatic heterocycles. The van der Waals surface area contributed by atoms with Crippen LogP contribution in [0.5, 0.6) is 0 Å². The van der Waals surface area contributed by atoms with Gasteiger partial charge in [-0.2, -0.15) is 0 Å². The van der Waals surface area contributed by atoms with Crippen LogP contribution in [0.15, 0.2) is 18.2 Å². The van der Waals surface area contributed by atoms with E-state index >= 15 is 0 Å². The monoisotopic (exact) mass is 401 g/mol. The summed E-state index contributed by atoms with van der Waals surface area (Å²) in [5.41, 5.74) is 3.09. The number of anilines is 1. The van der Waals surface area contributed by atoms with E-state index in [-0.39, 0.29) is 18.0 Å². The SMILES string of the molecule is CC(C)c1ccc2c(c1)N(C(=O)CN1CCN(C(=O)OC(C)(C)C)[C@H](C)C1)CC2. The van der Waals surface area contributed by atoms with Crippen LogP contribution < -0.4 is 4.90 Å². The molecule has 1 saturated heterocycles. The second-order valence-electron chi connectivity index (χ2n) is 9.60. The molecule has 0 radical (unpaired) electrons. The van der Waals surface area contributed by atoms with Crippen LogP contribution in [0.2, 0.25) is 0 Å². The maximum absolute atomic E-state index is 13.0. The zero-order chi connectivity index (χ0) is 21.3. The molecule has 0 bridgehead atoms. The summed E-state index contributed by atoms with van der Waals surface area (Å²) in [6.07, 6.45) is 0.646. The molecule has 2 heterocycles. The minimum absolute atomic E-state index is 0.0183. The molecular formula is C23H35N3O3. The summed E-state index contributed by atoms with van der Waals surface area (Å²) < 4.78 is 5.51. The van der Waals surface area contributed by atoms with Crippen LogP contribution in [0.3, 0.4) is 0 Å². The van der Waals surface area contributed by atoms with Crippen LogP contribution >= 0.6 is 0 Å². The standard InChI is InChI=1S/C23H35N3O3/c1-16(2)19-8-7-18-9-10-26(20(18)13-19)21(27)15-24-11-12-25(17(3)14-24)22(28)29-23(4,5)6/h7-8,13,16-17H,9-12,14-15H2,1-6H3/t17-/m1/s1. The summed E-state index contributed by atoms with van der Waals surface area (Å²) in [6.45, 7) is 15.1. The fourth-order valence-corrected chi connectivity index (χ4v) is 4.06. The molecule has 29 heavy (non-hydrogen) atoms. The summed E-state index contributed by atoms with van der Waals surface area (Å²) in [5.74, 6) is 0.585. The lowest BCUT2D eigenvalue weighted by Crippen LogP contribution is -2.56. The molecule has 0 unspecified atom stereocenters. The number of rotatable bonds is 3. The zero-order valence-corrected chi connectivity index (χ0v) is 18.7. The number of nitrogens with zero attached hydrogens (tertiary/aromatic N) is 3. The van der Waals surface area contributed by atoms with E-state index in [2.05, 4.69) is 36.9 Å². The van der Waals surface area contributed by atoms with Crippen LogP contribution in [0.4, 0.5) is 10.5 Å². The maximum atomic E-state index is 13.0. The summed E-state index contributed by atoms with van der Waals surface area (Å²) in [5, 5.41) is 0. The number of amides is 2. The first-order chi connectivity index (χ1) is 13.5. The van der Waals surface area contributed by atoms with Gasteiger partial charge in [-0.1, -0.05) is 26.0 Å². The first kappa shape index (κ1) is 21.6. The third kappa shape index (κ3) is 5.10. The summed E-state index contributed by atoms with van der Waals surface area (Å²) in [6, 6.07) is 6.53. The summed E-state index contributed by atoms with van der Waals surface area (Å²) >= 11 is 0. The molecule has 0 aliphatic carbocycles. The molecule has 1 atom stereocenters. The highest BCUT2D eigenvalue weighted by Crippen LogP contribution is 2.31. The van der Waals surface area contributed by atoms with E-state index in [1.54, 1.807) is 4.90 Å². The van der Waals surface area contributed by atoms with Gasteiger partial charge in [0.05, 0.1) is 6.54 Å². The Kier molecular flexibility index (Phi) is 6.22. The van der Waals surface area contributed by atoms with Crippen LogP contribution in [-0.4, -0.2) is 66.2 Å². The highest BCUT2D eigenvalue weighted by atomic mass is 16.6. The van der Waals surface area contributed by atoms with Crippen molar-refractivity contribution in [1.82, 2.24) is 9.80 Å². The largest absolute Gasteiger partial charge is 0.444 e. The molecule has 1 aromatic rings. The second-order valence-corrected chi connectivity index (χ2v) is 9.60. The van der Waals surface area contributed by atoms with E-state index in [1.165, 1.54) is 11.1 Å². The van der Waals surface area contributed by atoms with Gasteiger partial charge >= 0.3 is 6.09 Å². The van der Waals surface area contributed by atoms with Gasteiger partial charge in [0, 0.05) is 37.9 Å². The Morgan fingerprint density at radius 3 is 2.52 bits per heavy atom. The van der Waals surface area contributed by atoms with Crippen LogP contribution in [0, 0.1) is 0 Å². The molecule has 1 aromatic carbocycles. The molecule has 6 heteroatoms. The smallest absolute Gasteiger partial charge is 0.410 e. The summed E-state index contributed by atoms with van der Waals surface area (Å²) in [7, 11) is 0. The number of carbonyl (C=O) groups excluding carboxylic acids is 2. The van der Waals surface area contributed by atoms with Crippen molar-refractivity contribution >= 4 is 17.7 Å². The van der Waals surface area contributed by atoms with Gasteiger partial charge in [0.1, 0.15) is 5.60 Å². The lowest BCUT2D eigenvalue weighted by atomic mass is 10.0. The third-order valence-electron chi connectivity index (χ3n) is 5.67.